The average Bonchev–Trinajstić information content (AvgIpc) is 2.76. The van der Waals surface area contributed by atoms with Crippen LogP contribution in [0.15, 0.2) is 64.2 Å². The van der Waals surface area contributed by atoms with Crippen molar-refractivity contribution in [3.63, 3.8) is 0 Å². The molecule has 0 aliphatic rings. The normalized spacial score (nSPS) is 11.1. The molecule has 33 heavy (non-hydrogen) atoms. The van der Waals surface area contributed by atoms with Crippen LogP contribution in [0.1, 0.15) is 29.8 Å². The molecule has 0 saturated heterocycles. The molecule has 1 amide bonds. The fraction of sp³-hybridized carbons (Fsp3) is 0.261. The van der Waals surface area contributed by atoms with Gasteiger partial charge >= 0.3 is 12.3 Å². The van der Waals surface area contributed by atoms with Crippen molar-refractivity contribution >= 4 is 17.4 Å². The molecule has 3 rings (SSSR count). The Morgan fingerprint density at radius 2 is 1.73 bits per heavy atom. The van der Waals surface area contributed by atoms with Crippen LogP contribution in [0.25, 0.3) is 0 Å². The lowest BCUT2D eigenvalue weighted by atomic mass is 10.1. The number of nitrogens with two attached hydrogens (primary N) is 1. The van der Waals surface area contributed by atoms with Crippen molar-refractivity contribution in [3.05, 3.63) is 86.6 Å². The first-order chi connectivity index (χ1) is 15.7. The number of H-pyrrole nitrogens is 1. The number of hydrogen-bond acceptors (Lipinski definition) is 5. The predicted molar refractivity (Wildman–Crippen MR) is 121 cm³/mol. The van der Waals surface area contributed by atoms with E-state index in [1.54, 1.807) is 24.3 Å². The minimum atomic E-state index is -2.99. The van der Waals surface area contributed by atoms with Crippen molar-refractivity contribution in [2.24, 2.45) is 5.92 Å². The molecule has 0 atom stereocenters. The lowest BCUT2D eigenvalue weighted by molar-refractivity contribution is -0.0498. The summed E-state index contributed by atoms with van der Waals surface area (Å²) in [7, 11) is 0. The van der Waals surface area contributed by atoms with Crippen molar-refractivity contribution in [3.8, 4) is 5.75 Å². The van der Waals surface area contributed by atoms with E-state index in [-0.39, 0.29) is 41.8 Å². The summed E-state index contributed by atoms with van der Waals surface area (Å²) >= 11 is 0. The van der Waals surface area contributed by atoms with Gasteiger partial charge < -0.3 is 15.4 Å². The number of anilines is 2. The zero-order valence-corrected chi connectivity index (χ0v) is 18.1. The molecule has 0 aliphatic heterocycles. The number of nitrogens with zero attached hydrogens (tertiary/aromatic N) is 2. The van der Waals surface area contributed by atoms with E-state index in [9.17, 15) is 23.2 Å². The van der Waals surface area contributed by atoms with Crippen molar-refractivity contribution in [1.29, 1.82) is 0 Å². The molecule has 3 aromatic rings. The second kappa shape index (κ2) is 10.1. The van der Waals surface area contributed by atoms with Crippen molar-refractivity contribution in [1.82, 2.24) is 9.55 Å². The number of amides is 1. The molecule has 1 aromatic heterocycles. The first kappa shape index (κ1) is 23.7. The van der Waals surface area contributed by atoms with Crippen LogP contribution in [0.4, 0.5) is 20.3 Å². The molecule has 8 nitrogen and oxygen atoms in total. The Kier molecular flexibility index (Phi) is 7.27. The van der Waals surface area contributed by atoms with Crippen molar-refractivity contribution in [2.75, 3.05) is 17.2 Å². The number of nitrogen functional groups attached to an aromatic ring is 1. The van der Waals surface area contributed by atoms with E-state index in [4.69, 9.17) is 5.73 Å². The van der Waals surface area contributed by atoms with Gasteiger partial charge in [0.1, 0.15) is 11.6 Å². The summed E-state index contributed by atoms with van der Waals surface area (Å²) in [6.07, 6.45) is 0. The minimum absolute atomic E-state index is 0.0521. The standard InChI is InChI=1S/C23H24F2N4O4/c1-14(2)12-28(21(31)16-8-10-17(11-9-16)33-22(24)25)18-19(26)29(23(32)27-20(18)30)13-15-6-4-3-5-7-15/h3-11,14,22H,12-13,26H2,1-2H3,(H,27,30,32). The van der Waals surface area contributed by atoms with Gasteiger partial charge in [-0.15, -0.1) is 0 Å². The van der Waals surface area contributed by atoms with E-state index < -0.39 is 23.8 Å². The third kappa shape index (κ3) is 5.65. The second-order valence-electron chi connectivity index (χ2n) is 7.78. The van der Waals surface area contributed by atoms with Gasteiger partial charge in [0, 0.05) is 12.1 Å². The summed E-state index contributed by atoms with van der Waals surface area (Å²) < 4.78 is 30.3. The van der Waals surface area contributed by atoms with Crippen LogP contribution >= 0.6 is 0 Å². The maximum Gasteiger partial charge on any atom is 0.387 e. The highest BCUT2D eigenvalue weighted by Gasteiger charge is 2.26. The van der Waals surface area contributed by atoms with Gasteiger partial charge in [-0.2, -0.15) is 8.78 Å². The Bertz CT molecular complexity index is 1220. The van der Waals surface area contributed by atoms with Crippen molar-refractivity contribution in [2.45, 2.75) is 27.0 Å². The molecule has 2 aromatic carbocycles. The molecule has 10 heteroatoms. The molecule has 3 N–H and O–H groups in total. The van der Waals surface area contributed by atoms with Gasteiger partial charge in [-0.1, -0.05) is 44.2 Å². The number of hydrogen-bond donors (Lipinski definition) is 2. The SMILES string of the molecule is CC(C)CN(C(=O)c1ccc(OC(F)F)cc1)c1c(N)n(Cc2ccccc2)c(=O)[nH]c1=O. The zero-order chi connectivity index (χ0) is 24.1. The Morgan fingerprint density at radius 3 is 2.30 bits per heavy atom. The average molecular weight is 458 g/mol. The fourth-order valence-corrected chi connectivity index (χ4v) is 3.34. The lowest BCUT2D eigenvalue weighted by Crippen LogP contribution is -2.42. The molecule has 174 valence electrons. The lowest BCUT2D eigenvalue weighted by Gasteiger charge is -2.26. The number of halogens is 2. The van der Waals surface area contributed by atoms with Crippen LogP contribution in [0.5, 0.6) is 5.75 Å². The monoisotopic (exact) mass is 458 g/mol. The van der Waals surface area contributed by atoms with Gasteiger partial charge in [0.2, 0.25) is 0 Å². The van der Waals surface area contributed by atoms with Crippen LogP contribution < -0.4 is 26.6 Å². The number of carbonyl (C=O) groups excluding carboxylic acids is 1. The minimum Gasteiger partial charge on any atom is -0.435 e. The third-order valence-electron chi connectivity index (χ3n) is 4.79. The van der Waals surface area contributed by atoms with Gasteiger partial charge in [0.05, 0.1) is 6.54 Å². The summed E-state index contributed by atoms with van der Waals surface area (Å²) in [4.78, 5) is 42.0. The highest BCUT2D eigenvalue weighted by Crippen LogP contribution is 2.23. The third-order valence-corrected chi connectivity index (χ3v) is 4.79. The Hall–Kier alpha value is -3.95. The maximum absolute atomic E-state index is 13.3. The number of aromatic nitrogens is 2. The number of rotatable bonds is 8. The number of carbonyl (C=O) groups is 1. The zero-order valence-electron chi connectivity index (χ0n) is 18.1. The van der Waals surface area contributed by atoms with Gasteiger partial charge in [-0.3, -0.25) is 19.1 Å². The summed E-state index contributed by atoms with van der Waals surface area (Å²) in [5, 5.41) is 0. The van der Waals surface area contributed by atoms with E-state index in [1.165, 1.54) is 33.7 Å². The number of aromatic amines is 1. The highest BCUT2D eigenvalue weighted by atomic mass is 19.3. The van der Waals surface area contributed by atoms with Gasteiger partial charge in [-0.25, -0.2) is 4.79 Å². The molecule has 0 fully saturated rings. The number of nitrogens with one attached hydrogen (secondary N) is 1. The van der Waals surface area contributed by atoms with Crippen LogP contribution in [-0.4, -0.2) is 28.6 Å². The van der Waals surface area contributed by atoms with Crippen LogP contribution in [-0.2, 0) is 6.54 Å². The molecule has 0 spiro atoms. The Labute approximate surface area is 188 Å². The van der Waals surface area contributed by atoms with Crippen LogP contribution in [0.3, 0.4) is 0 Å². The van der Waals surface area contributed by atoms with E-state index in [2.05, 4.69) is 9.72 Å². The molecular weight excluding hydrogens is 434 g/mol. The predicted octanol–water partition coefficient (Wildman–Crippen LogP) is 3.07. The largest absolute Gasteiger partial charge is 0.435 e. The summed E-state index contributed by atoms with van der Waals surface area (Å²) in [5.41, 5.74) is 5.51. The number of ether oxygens (including phenoxy) is 1. The van der Waals surface area contributed by atoms with Crippen LogP contribution in [0, 0.1) is 5.92 Å². The number of benzene rings is 2. The molecule has 0 unspecified atom stereocenters. The highest BCUT2D eigenvalue weighted by molar-refractivity contribution is 6.07. The smallest absolute Gasteiger partial charge is 0.387 e. The Balaban J connectivity index is 2.05. The summed E-state index contributed by atoms with van der Waals surface area (Å²) in [6, 6.07) is 14.1. The van der Waals surface area contributed by atoms with Gasteiger partial charge in [0.15, 0.2) is 5.69 Å². The molecule has 1 heterocycles. The topological polar surface area (TPSA) is 110 Å². The number of alkyl halides is 2. The molecule has 0 radical (unpaired) electrons. The summed E-state index contributed by atoms with van der Waals surface area (Å²) in [5.74, 6) is -0.886. The van der Waals surface area contributed by atoms with E-state index in [0.717, 1.165) is 5.56 Å². The van der Waals surface area contributed by atoms with Crippen LogP contribution in [0.2, 0.25) is 0 Å². The maximum atomic E-state index is 13.3. The van der Waals surface area contributed by atoms with Gasteiger partial charge in [-0.05, 0) is 35.7 Å². The second-order valence-corrected chi connectivity index (χ2v) is 7.78. The first-order valence-electron chi connectivity index (χ1n) is 10.2. The fourth-order valence-electron chi connectivity index (χ4n) is 3.34. The summed E-state index contributed by atoms with van der Waals surface area (Å²) in [6.45, 7) is 0.936. The first-order valence-corrected chi connectivity index (χ1v) is 10.2. The van der Waals surface area contributed by atoms with E-state index in [0.29, 0.717) is 0 Å². The molecule has 0 bridgehead atoms. The van der Waals surface area contributed by atoms with Gasteiger partial charge in [0.25, 0.3) is 11.5 Å². The van der Waals surface area contributed by atoms with E-state index >= 15 is 0 Å². The quantitative estimate of drug-likeness (QED) is 0.539. The van der Waals surface area contributed by atoms with Crippen molar-refractivity contribution < 1.29 is 18.3 Å². The molecule has 0 aliphatic carbocycles. The molecule has 0 saturated carbocycles. The Morgan fingerprint density at radius 1 is 1.09 bits per heavy atom. The van der Waals surface area contributed by atoms with E-state index in [1.807, 2.05) is 19.9 Å². The molecular formula is C23H24F2N4O4.